The molecule has 0 aliphatic rings. The van der Waals surface area contributed by atoms with Crippen LogP contribution in [-0.2, 0) is 6.42 Å². The quantitative estimate of drug-likeness (QED) is 0.797. The monoisotopic (exact) mass is 309 g/mol. The highest BCUT2D eigenvalue weighted by Crippen LogP contribution is 2.29. The second-order valence-corrected chi connectivity index (χ2v) is 4.92. The topological polar surface area (TPSA) is 93.8 Å². The van der Waals surface area contributed by atoms with Crippen molar-refractivity contribution in [2.24, 2.45) is 0 Å². The Morgan fingerprint density at radius 3 is 2.95 bits per heavy atom. The van der Waals surface area contributed by atoms with E-state index in [2.05, 4.69) is 19.1 Å². The highest BCUT2D eigenvalue weighted by Gasteiger charge is 2.22. The molecule has 3 rings (SSSR count). The van der Waals surface area contributed by atoms with Crippen LogP contribution in [-0.4, -0.2) is 34.8 Å². The molecule has 102 valence electrons. The second-order valence-electron chi connectivity index (χ2n) is 3.98. The number of nitrogens with zero attached hydrogens (tertiary/aromatic N) is 5. The molecular weight excluding hydrogens is 302 g/mol. The first-order valence-electron chi connectivity index (χ1n) is 5.72. The van der Waals surface area contributed by atoms with E-state index in [0.29, 0.717) is 33.9 Å². The molecule has 0 amide bonds. The van der Waals surface area contributed by atoms with Gasteiger partial charge in [-0.05, 0) is 18.6 Å². The van der Waals surface area contributed by atoms with Crippen molar-refractivity contribution in [1.29, 1.82) is 0 Å². The molecule has 0 atom stereocenters. The highest BCUT2D eigenvalue weighted by atomic mass is 35.5. The van der Waals surface area contributed by atoms with Gasteiger partial charge in [0.05, 0.1) is 22.4 Å². The summed E-state index contributed by atoms with van der Waals surface area (Å²) in [6, 6.07) is 3.44. The predicted molar refractivity (Wildman–Crippen MR) is 73.7 cm³/mol. The summed E-state index contributed by atoms with van der Waals surface area (Å²) in [6.45, 7) is 1.83. The average Bonchev–Trinajstić information content (AvgIpc) is 3.03. The third-order valence-corrected chi connectivity index (χ3v) is 3.71. The largest absolute Gasteiger partial charge is 0.476 e. The Morgan fingerprint density at radius 1 is 1.45 bits per heavy atom. The first kappa shape index (κ1) is 12.9. The summed E-state index contributed by atoms with van der Waals surface area (Å²) in [5, 5.41) is 17.2. The lowest BCUT2D eigenvalue weighted by molar-refractivity contribution is 0.0689. The molecule has 1 aromatic carbocycles. The first-order chi connectivity index (χ1) is 9.63. The molecule has 9 heteroatoms. The fraction of sp³-hybridized carbons (Fsp3) is 0.182. The Morgan fingerprint density at radius 2 is 2.25 bits per heavy atom. The fourth-order valence-corrected chi connectivity index (χ4v) is 2.75. The summed E-state index contributed by atoms with van der Waals surface area (Å²) in [4.78, 5) is 11.1. The number of hydrogen-bond acceptors (Lipinski definition) is 6. The molecule has 0 aliphatic heterocycles. The summed E-state index contributed by atoms with van der Waals surface area (Å²) >= 11 is 7.27. The minimum absolute atomic E-state index is 0.0799. The van der Waals surface area contributed by atoms with Crippen LogP contribution in [0.15, 0.2) is 12.1 Å². The maximum atomic E-state index is 11.1. The molecule has 1 N–H and O–H groups in total. The Labute approximate surface area is 122 Å². The van der Waals surface area contributed by atoms with Crippen molar-refractivity contribution < 1.29 is 9.90 Å². The molecule has 2 aromatic heterocycles. The Hall–Kier alpha value is -2.06. The average molecular weight is 310 g/mol. The highest BCUT2D eigenvalue weighted by molar-refractivity contribution is 7.00. The van der Waals surface area contributed by atoms with Crippen molar-refractivity contribution in [3.05, 3.63) is 28.5 Å². The van der Waals surface area contributed by atoms with E-state index in [-0.39, 0.29) is 5.69 Å². The molecule has 0 fully saturated rings. The van der Waals surface area contributed by atoms with Gasteiger partial charge >= 0.3 is 5.97 Å². The molecule has 20 heavy (non-hydrogen) atoms. The lowest BCUT2D eigenvalue weighted by Gasteiger charge is -2.07. The number of halogens is 1. The fourth-order valence-electron chi connectivity index (χ4n) is 1.98. The van der Waals surface area contributed by atoms with Crippen molar-refractivity contribution in [1.82, 2.24) is 23.7 Å². The number of carboxylic acid groups (broad SMARTS) is 1. The Balaban J connectivity index is 2.33. The Kier molecular flexibility index (Phi) is 3.11. The van der Waals surface area contributed by atoms with Gasteiger partial charge in [-0.2, -0.15) is 8.75 Å². The predicted octanol–water partition coefficient (Wildman–Crippen LogP) is 2.19. The van der Waals surface area contributed by atoms with Gasteiger partial charge in [-0.1, -0.05) is 23.7 Å². The second kappa shape index (κ2) is 4.80. The zero-order chi connectivity index (χ0) is 14.3. The van der Waals surface area contributed by atoms with Crippen LogP contribution in [0.3, 0.4) is 0 Å². The third kappa shape index (κ3) is 1.84. The van der Waals surface area contributed by atoms with E-state index in [9.17, 15) is 4.79 Å². The number of aromatic carboxylic acids is 1. The van der Waals surface area contributed by atoms with Gasteiger partial charge in [0.15, 0.2) is 5.69 Å². The van der Waals surface area contributed by atoms with Gasteiger partial charge in [0.1, 0.15) is 16.7 Å². The van der Waals surface area contributed by atoms with Gasteiger partial charge in [0.2, 0.25) is 0 Å². The number of benzene rings is 1. The van der Waals surface area contributed by atoms with E-state index in [1.165, 1.54) is 4.68 Å². The van der Waals surface area contributed by atoms with Crippen LogP contribution in [0.25, 0.3) is 16.7 Å². The molecular formula is C11H8ClN5O2S. The molecule has 0 aliphatic carbocycles. The van der Waals surface area contributed by atoms with Gasteiger partial charge < -0.3 is 5.11 Å². The minimum atomic E-state index is -1.12. The van der Waals surface area contributed by atoms with E-state index in [4.69, 9.17) is 16.7 Å². The van der Waals surface area contributed by atoms with Crippen LogP contribution in [0.4, 0.5) is 0 Å². The summed E-state index contributed by atoms with van der Waals surface area (Å²) in [5.74, 6) is -1.12. The molecule has 7 nitrogen and oxygen atoms in total. The van der Waals surface area contributed by atoms with E-state index >= 15 is 0 Å². The van der Waals surface area contributed by atoms with Gasteiger partial charge in [0.25, 0.3) is 0 Å². The number of rotatable bonds is 3. The summed E-state index contributed by atoms with van der Waals surface area (Å²) in [6.07, 6.45) is 0.457. The van der Waals surface area contributed by atoms with Crippen molar-refractivity contribution in [3.8, 4) is 5.69 Å². The minimum Gasteiger partial charge on any atom is -0.476 e. The zero-order valence-electron chi connectivity index (χ0n) is 10.2. The maximum Gasteiger partial charge on any atom is 0.358 e. The number of hydrogen-bond donors (Lipinski definition) is 1. The lowest BCUT2D eigenvalue weighted by Crippen LogP contribution is -2.07. The van der Waals surface area contributed by atoms with E-state index in [0.717, 1.165) is 11.7 Å². The molecule has 0 unspecified atom stereocenters. The van der Waals surface area contributed by atoms with Crippen molar-refractivity contribution in [2.45, 2.75) is 13.3 Å². The Bertz CT molecular complexity index is 812. The van der Waals surface area contributed by atoms with Crippen LogP contribution in [0.2, 0.25) is 5.02 Å². The van der Waals surface area contributed by atoms with Crippen LogP contribution in [0.1, 0.15) is 23.1 Å². The zero-order valence-corrected chi connectivity index (χ0v) is 11.8. The van der Waals surface area contributed by atoms with Gasteiger partial charge in [-0.15, -0.1) is 5.10 Å². The maximum absolute atomic E-state index is 11.1. The molecule has 3 aromatic rings. The summed E-state index contributed by atoms with van der Waals surface area (Å²) < 4.78 is 9.76. The first-order valence-corrected chi connectivity index (χ1v) is 6.83. The molecule has 0 radical (unpaired) electrons. The molecule has 2 heterocycles. The van der Waals surface area contributed by atoms with Gasteiger partial charge in [-0.3, -0.25) is 0 Å². The van der Waals surface area contributed by atoms with E-state index in [1.54, 1.807) is 12.1 Å². The summed E-state index contributed by atoms with van der Waals surface area (Å²) in [7, 11) is 0. The molecule has 0 saturated heterocycles. The van der Waals surface area contributed by atoms with Crippen LogP contribution < -0.4 is 0 Å². The van der Waals surface area contributed by atoms with E-state index < -0.39 is 5.97 Å². The van der Waals surface area contributed by atoms with E-state index in [1.807, 2.05) is 6.92 Å². The number of aromatic nitrogens is 5. The summed E-state index contributed by atoms with van der Waals surface area (Å²) in [5.41, 5.74) is 2.17. The van der Waals surface area contributed by atoms with Crippen LogP contribution in [0, 0.1) is 0 Å². The SMILES string of the molecule is CCc1c(C(=O)O)nnn1-c1c(Cl)ccc2nsnc12. The van der Waals surface area contributed by atoms with Crippen LogP contribution >= 0.6 is 23.3 Å². The van der Waals surface area contributed by atoms with Gasteiger partial charge in [-0.25, -0.2) is 9.48 Å². The van der Waals surface area contributed by atoms with Crippen molar-refractivity contribution in [3.63, 3.8) is 0 Å². The smallest absolute Gasteiger partial charge is 0.358 e. The molecule has 0 saturated carbocycles. The number of fused-ring (bicyclic) bond motifs is 1. The molecule has 0 bridgehead atoms. The number of carbonyl (C=O) groups is 1. The van der Waals surface area contributed by atoms with Crippen LogP contribution in [0.5, 0.6) is 0 Å². The molecule has 0 spiro atoms. The van der Waals surface area contributed by atoms with Crippen molar-refractivity contribution in [2.75, 3.05) is 0 Å². The van der Waals surface area contributed by atoms with Gasteiger partial charge in [0, 0.05) is 0 Å². The standard InChI is InChI=1S/C11H8ClN5O2S/c1-2-7-9(11(18)19)13-16-17(7)10-5(12)3-4-6-8(10)15-20-14-6/h3-4H,2H2,1H3,(H,18,19). The lowest BCUT2D eigenvalue weighted by atomic mass is 10.2. The third-order valence-electron chi connectivity index (χ3n) is 2.86. The number of carboxylic acids is 1. The normalized spacial score (nSPS) is 11.1. The van der Waals surface area contributed by atoms with Crippen molar-refractivity contribution >= 4 is 40.3 Å².